The Kier molecular flexibility index (Phi) is 3.42. The Morgan fingerprint density at radius 2 is 2.00 bits per heavy atom. The average Bonchev–Trinajstić information content (AvgIpc) is 2.33. The molecule has 1 aromatic carbocycles. The van der Waals surface area contributed by atoms with Crippen molar-refractivity contribution in [2.45, 2.75) is 13.3 Å². The number of aromatic nitrogens is 1. The topological polar surface area (TPSA) is 22.1 Å². The molecule has 3 heteroatoms. The number of nitrogens with zero attached hydrogens (tertiary/aromatic N) is 1. The van der Waals surface area contributed by atoms with Gasteiger partial charge in [-0.2, -0.15) is 0 Å². The van der Waals surface area contributed by atoms with Crippen molar-refractivity contribution in [3.8, 4) is 11.6 Å². The Labute approximate surface area is 99.9 Å². The third-order valence-corrected chi connectivity index (χ3v) is 2.49. The van der Waals surface area contributed by atoms with Crippen molar-refractivity contribution in [1.29, 1.82) is 0 Å². The van der Waals surface area contributed by atoms with Crippen LogP contribution in [-0.2, 0) is 6.42 Å². The van der Waals surface area contributed by atoms with E-state index in [-0.39, 0.29) is 0 Å². The first-order valence-electron chi connectivity index (χ1n) is 5.17. The molecule has 2 rings (SSSR count). The first-order valence-corrected chi connectivity index (χ1v) is 5.54. The van der Waals surface area contributed by atoms with Crippen molar-refractivity contribution in [3.05, 3.63) is 53.2 Å². The lowest BCUT2D eigenvalue weighted by Crippen LogP contribution is -1.91. The standard InChI is InChI=1S/C13H12ClNO/c1-2-10-5-3-4-6-12(10)16-13-8-7-11(14)9-15-13/h3-9H,2H2,1H3. The quantitative estimate of drug-likeness (QED) is 0.797. The molecular formula is C13H12ClNO. The minimum absolute atomic E-state index is 0.560. The zero-order chi connectivity index (χ0) is 11.4. The van der Waals surface area contributed by atoms with Crippen LogP contribution in [0.3, 0.4) is 0 Å². The molecular weight excluding hydrogens is 222 g/mol. The van der Waals surface area contributed by atoms with Gasteiger partial charge >= 0.3 is 0 Å². The van der Waals surface area contributed by atoms with Crippen molar-refractivity contribution in [1.82, 2.24) is 4.98 Å². The molecule has 0 aliphatic heterocycles. The first kappa shape index (κ1) is 11.0. The van der Waals surface area contributed by atoms with Crippen LogP contribution in [0, 0.1) is 0 Å². The molecule has 0 N–H and O–H groups in total. The predicted octanol–water partition coefficient (Wildman–Crippen LogP) is 4.09. The summed E-state index contributed by atoms with van der Waals surface area (Å²) in [5.74, 6) is 1.41. The largest absolute Gasteiger partial charge is 0.439 e. The number of hydrogen-bond donors (Lipinski definition) is 0. The van der Waals surface area contributed by atoms with E-state index in [4.69, 9.17) is 16.3 Å². The van der Waals surface area contributed by atoms with Crippen molar-refractivity contribution in [2.75, 3.05) is 0 Å². The number of ether oxygens (including phenoxy) is 1. The summed E-state index contributed by atoms with van der Waals surface area (Å²) < 4.78 is 5.69. The number of para-hydroxylation sites is 1. The zero-order valence-corrected chi connectivity index (χ0v) is 9.74. The monoisotopic (exact) mass is 233 g/mol. The fourth-order valence-corrected chi connectivity index (χ4v) is 1.54. The van der Waals surface area contributed by atoms with Gasteiger partial charge in [-0.1, -0.05) is 36.7 Å². The van der Waals surface area contributed by atoms with Gasteiger partial charge in [0.1, 0.15) is 5.75 Å². The molecule has 0 spiro atoms. The van der Waals surface area contributed by atoms with E-state index in [1.165, 1.54) is 5.56 Å². The maximum Gasteiger partial charge on any atom is 0.219 e. The predicted molar refractivity (Wildman–Crippen MR) is 65.1 cm³/mol. The lowest BCUT2D eigenvalue weighted by Gasteiger charge is -2.08. The van der Waals surface area contributed by atoms with Crippen molar-refractivity contribution in [2.24, 2.45) is 0 Å². The summed E-state index contributed by atoms with van der Waals surface area (Å²) in [6, 6.07) is 11.5. The molecule has 82 valence electrons. The van der Waals surface area contributed by atoms with Gasteiger partial charge in [0.05, 0.1) is 5.02 Å². The molecule has 0 fully saturated rings. The third kappa shape index (κ3) is 2.52. The van der Waals surface area contributed by atoms with Gasteiger partial charge in [-0.05, 0) is 24.1 Å². The van der Waals surface area contributed by atoms with Gasteiger partial charge in [-0.3, -0.25) is 0 Å². The van der Waals surface area contributed by atoms with Crippen LogP contribution >= 0.6 is 11.6 Å². The average molecular weight is 234 g/mol. The molecule has 0 unspecified atom stereocenters. The molecule has 1 aromatic heterocycles. The SMILES string of the molecule is CCc1ccccc1Oc1ccc(Cl)cn1. The van der Waals surface area contributed by atoms with E-state index in [0.717, 1.165) is 12.2 Å². The molecule has 0 aliphatic rings. The van der Waals surface area contributed by atoms with Crippen LogP contribution in [0.2, 0.25) is 5.02 Å². The van der Waals surface area contributed by atoms with Gasteiger partial charge in [-0.25, -0.2) is 4.98 Å². The van der Waals surface area contributed by atoms with E-state index < -0.39 is 0 Å². The number of hydrogen-bond acceptors (Lipinski definition) is 2. The fraction of sp³-hybridized carbons (Fsp3) is 0.154. The highest BCUT2D eigenvalue weighted by Crippen LogP contribution is 2.24. The molecule has 2 nitrogen and oxygen atoms in total. The van der Waals surface area contributed by atoms with Crippen LogP contribution in [-0.4, -0.2) is 4.98 Å². The summed E-state index contributed by atoms with van der Waals surface area (Å²) >= 11 is 5.76. The molecule has 0 atom stereocenters. The smallest absolute Gasteiger partial charge is 0.219 e. The van der Waals surface area contributed by atoms with Crippen LogP contribution in [0.15, 0.2) is 42.6 Å². The molecule has 16 heavy (non-hydrogen) atoms. The van der Waals surface area contributed by atoms with Crippen LogP contribution in [0.4, 0.5) is 0 Å². The highest BCUT2D eigenvalue weighted by Gasteiger charge is 2.02. The van der Waals surface area contributed by atoms with Crippen molar-refractivity contribution in [3.63, 3.8) is 0 Å². The Hall–Kier alpha value is -1.54. The Balaban J connectivity index is 2.23. The lowest BCUT2D eigenvalue weighted by atomic mass is 10.1. The highest BCUT2D eigenvalue weighted by molar-refractivity contribution is 6.30. The second-order valence-corrected chi connectivity index (χ2v) is 3.81. The van der Waals surface area contributed by atoms with Crippen molar-refractivity contribution < 1.29 is 4.74 Å². The number of halogens is 1. The van der Waals surface area contributed by atoms with Crippen LogP contribution in [0.1, 0.15) is 12.5 Å². The third-order valence-electron chi connectivity index (χ3n) is 2.27. The van der Waals surface area contributed by atoms with Crippen molar-refractivity contribution >= 4 is 11.6 Å². The van der Waals surface area contributed by atoms with E-state index in [1.807, 2.05) is 24.3 Å². The fourth-order valence-electron chi connectivity index (χ4n) is 1.43. The maximum atomic E-state index is 5.76. The summed E-state index contributed by atoms with van der Waals surface area (Å²) in [7, 11) is 0. The summed E-state index contributed by atoms with van der Waals surface area (Å²) in [6.45, 7) is 2.09. The number of aryl methyl sites for hydroxylation is 1. The van der Waals surface area contributed by atoms with Crippen LogP contribution < -0.4 is 4.74 Å². The summed E-state index contributed by atoms with van der Waals surface area (Å²) in [5.41, 5.74) is 1.17. The molecule has 0 radical (unpaired) electrons. The normalized spacial score (nSPS) is 10.1. The van der Waals surface area contributed by atoms with Crippen LogP contribution in [0.25, 0.3) is 0 Å². The second kappa shape index (κ2) is 4.99. The molecule has 0 bridgehead atoms. The molecule has 0 saturated carbocycles. The lowest BCUT2D eigenvalue weighted by molar-refractivity contribution is 0.457. The molecule has 0 amide bonds. The van der Waals surface area contributed by atoms with E-state index in [0.29, 0.717) is 10.9 Å². The number of benzene rings is 1. The minimum atomic E-state index is 0.560. The van der Waals surface area contributed by atoms with Gasteiger partial charge in [0.2, 0.25) is 5.88 Å². The first-order chi connectivity index (χ1) is 7.79. The zero-order valence-electron chi connectivity index (χ0n) is 8.98. The van der Waals surface area contributed by atoms with E-state index in [2.05, 4.69) is 11.9 Å². The molecule has 1 heterocycles. The van der Waals surface area contributed by atoms with E-state index >= 15 is 0 Å². The van der Waals surface area contributed by atoms with Gasteiger partial charge in [0.25, 0.3) is 0 Å². The highest BCUT2D eigenvalue weighted by atomic mass is 35.5. The number of rotatable bonds is 3. The minimum Gasteiger partial charge on any atom is -0.439 e. The van der Waals surface area contributed by atoms with Crippen LogP contribution in [0.5, 0.6) is 11.6 Å². The van der Waals surface area contributed by atoms with Gasteiger partial charge < -0.3 is 4.74 Å². The summed E-state index contributed by atoms with van der Waals surface area (Å²) in [4.78, 5) is 4.09. The van der Waals surface area contributed by atoms with E-state index in [9.17, 15) is 0 Å². The maximum absolute atomic E-state index is 5.76. The Morgan fingerprint density at radius 1 is 1.19 bits per heavy atom. The Morgan fingerprint density at radius 3 is 2.69 bits per heavy atom. The summed E-state index contributed by atoms with van der Waals surface area (Å²) in [5, 5.41) is 0.608. The summed E-state index contributed by atoms with van der Waals surface area (Å²) in [6.07, 6.45) is 2.51. The number of pyridine rings is 1. The second-order valence-electron chi connectivity index (χ2n) is 3.38. The van der Waals surface area contributed by atoms with Gasteiger partial charge in [-0.15, -0.1) is 0 Å². The molecule has 2 aromatic rings. The van der Waals surface area contributed by atoms with Gasteiger partial charge in [0, 0.05) is 12.3 Å². The molecule has 0 saturated heterocycles. The van der Waals surface area contributed by atoms with E-state index in [1.54, 1.807) is 18.3 Å². The van der Waals surface area contributed by atoms with Gasteiger partial charge in [0.15, 0.2) is 0 Å². The Bertz CT molecular complexity index is 468. The molecule has 0 aliphatic carbocycles.